The van der Waals surface area contributed by atoms with Crippen LogP contribution in [0.4, 0.5) is 4.79 Å². The van der Waals surface area contributed by atoms with Crippen molar-refractivity contribution in [3.63, 3.8) is 0 Å². The molecule has 21 heavy (non-hydrogen) atoms. The zero-order valence-electron chi connectivity index (χ0n) is 11.6. The molecule has 3 N–H and O–H groups in total. The van der Waals surface area contributed by atoms with Crippen molar-refractivity contribution >= 4 is 24.3 Å². The molecule has 0 aliphatic heterocycles. The number of Topliss-reactive ketones (excluding diaryl/α,β-unsaturated/α-hetero) is 1. The highest BCUT2D eigenvalue weighted by atomic mass is 35.5. The van der Waals surface area contributed by atoms with E-state index in [1.165, 1.54) is 0 Å². The Morgan fingerprint density at radius 1 is 1.19 bits per heavy atom. The molecule has 0 heterocycles. The molecule has 6 heteroatoms. The second-order valence-electron chi connectivity index (χ2n) is 5.91. The third kappa shape index (κ3) is 2.76. The quantitative estimate of drug-likeness (QED) is 0.868. The van der Waals surface area contributed by atoms with Crippen molar-refractivity contribution in [2.75, 3.05) is 6.54 Å². The van der Waals surface area contributed by atoms with Gasteiger partial charge in [-0.2, -0.15) is 0 Å². The number of carbonyl (C=O) groups excluding carboxylic acids is 2. The van der Waals surface area contributed by atoms with E-state index in [9.17, 15) is 9.59 Å². The monoisotopic (exact) mass is 310 g/mol. The second kappa shape index (κ2) is 5.66. The van der Waals surface area contributed by atoms with Crippen molar-refractivity contribution < 1.29 is 14.3 Å². The SMILES string of the molecule is Cl.NCC(=O)C12CC(NC(=O)OCc3ccccc3)(C1)C2. The van der Waals surface area contributed by atoms with Gasteiger partial charge in [0.05, 0.1) is 6.54 Å². The zero-order valence-corrected chi connectivity index (χ0v) is 12.4. The molecule has 3 aliphatic carbocycles. The number of nitrogens with two attached hydrogens (primary N) is 1. The zero-order chi connectivity index (χ0) is 14.2. The molecule has 0 aromatic heterocycles. The Bertz CT molecular complexity index is 527. The van der Waals surface area contributed by atoms with Gasteiger partial charge in [0.1, 0.15) is 6.61 Å². The van der Waals surface area contributed by atoms with Gasteiger partial charge in [0.15, 0.2) is 5.78 Å². The first-order chi connectivity index (χ1) is 9.57. The van der Waals surface area contributed by atoms with Gasteiger partial charge in [-0.3, -0.25) is 4.79 Å². The summed E-state index contributed by atoms with van der Waals surface area (Å²) in [4.78, 5) is 23.4. The van der Waals surface area contributed by atoms with Gasteiger partial charge in [0, 0.05) is 11.0 Å². The van der Waals surface area contributed by atoms with E-state index in [1.807, 2.05) is 30.3 Å². The summed E-state index contributed by atoms with van der Waals surface area (Å²) in [6, 6.07) is 9.53. The fraction of sp³-hybridized carbons (Fsp3) is 0.467. The topological polar surface area (TPSA) is 81.4 Å². The van der Waals surface area contributed by atoms with Gasteiger partial charge in [-0.25, -0.2) is 4.79 Å². The minimum atomic E-state index is -0.414. The lowest BCUT2D eigenvalue weighted by molar-refractivity contribution is -0.175. The average molecular weight is 311 g/mol. The van der Waals surface area contributed by atoms with Gasteiger partial charge < -0.3 is 15.8 Å². The van der Waals surface area contributed by atoms with Gasteiger partial charge >= 0.3 is 6.09 Å². The van der Waals surface area contributed by atoms with Crippen LogP contribution in [0.3, 0.4) is 0 Å². The Hall–Kier alpha value is -1.59. The predicted molar refractivity (Wildman–Crippen MR) is 80.1 cm³/mol. The summed E-state index contributed by atoms with van der Waals surface area (Å²) in [7, 11) is 0. The van der Waals surface area contributed by atoms with Crippen molar-refractivity contribution in [2.24, 2.45) is 11.1 Å². The van der Waals surface area contributed by atoms with E-state index in [0.717, 1.165) is 5.56 Å². The molecule has 1 amide bonds. The highest BCUT2D eigenvalue weighted by Gasteiger charge is 2.71. The number of alkyl carbamates (subject to hydrolysis) is 1. The Kier molecular flexibility index (Phi) is 4.25. The Labute approximate surface area is 129 Å². The normalized spacial score (nSPS) is 28.4. The molecule has 0 saturated heterocycles. The van der Waals surface area contributed by atoms with Crippen LogP contribution in [0, 0.1) is 5.41 Å². The number of ether oxygens (including phenoxy) is 1. The number of ketones is 1. The first kappa shape index (κ1) is 15.8. The van der Waals surface area contributed by atoms with E-state index in [0.29, 0.717) is 19.3 Å². The maximum atomic E-state index is 11.8. The Morgan fingerprint density at radius 3 is 2.38 bits per heavy atom. The smallest absolute Gasteiger partial charge is 0.407 e. The van der Waals surface area contributed by atoms with E-state index in [-0.39, 0.29) is 42.3 Å². The summed E-state index contributed by atoms with van der Waals surface area (Å²) in [5.74, 6) is 0.110. The van der Waals surface area contributed by atoms with Crippen LogP contribution in [0.1, 0.15) is 24.8 Å². The van der Waals surface area contributed by atoms with Crippen molar-refractivity contribution in [1.29, 1.82) is 0 Å². The fourth-order valence-electron chi connectivity index (χ4n) is 3.41. The molecule has 0 spiro atoms. The number of nitrogens with one attached hydrogen (secondary N) is 1. The molecule has 3 aliphatic rings. The number of hydrogen-bond donors (Lipinski definition) is 2. The van der Waals surface area contributed by atoms with E-state index < -0.39 is 6.09 Å². The number of amides is 1. The standard InChI is InChI=1S/C15H18N2O3.ClH/c16-6-12(18)14-8-15(9-14,10-14)17-13(19)20-7-11-4-2-1-3-5-11;/h1-5H,6-10,16H2,(H,17,19);1H. The maximum Gasteiger partial charge on any atom is 0.407 e. The van der Waals surface area contributed by atoms with Crippen LogP contribution < -0.4 is 11.1 Å². The summed E-state index contributed by atoms with van der Waals surface area (Å²) in [5, 5.41) is 2.88. The fourth-order valence-corrected chi connectivity index (χ4v) is 3.41. The Balaban J connectivity index is 0.00000161. The lowest BCUT2D eigenvalue weighted by atomic mass is 9.38. The molecule has 2 bridgehead atoms. The lowest BCUT2D eigenvalue weighted by Gasteiger charge is -2.69. The minimum absolute atomic E-state index is 0. The number of hydrogen-bond acceptors (Lipinski definition) is 4. The van der Waals surface area contributed by atoms with Crippen molar-refractivity contribution in [1.82, 2.24) is 5.32 Å². The predicted octanol–water partition coefficient (Wildman–Crippen LogP) is 1.79. The average Bonchev–Trinajstić information content (AvgIpc) is 2.39. The third-order valence-corrected chi connectivity index (χ3v) is 4.39. The maximum absolute atomic E-state index is 11.8. The summed E-state index contributed by atoms with van der Waals surface area (Å²) in [6.45, 7) is 0.351. The number of halogens is 1. The second-order valence-corrected chi connectivity index (χ2v) is 5.91. The highest BCUT2D eigenvalue weighted by Crippen LogP contribution is 2.67. The van der Waals surface area contributed by atoms with Crippen LogP contribution >= 0.6 is 12.4 Å². The molecular weight excluding hydrogens is 292 g/mol. The summed E-state index contributed by atoms with van der Waals surface area (Å²) >= 11 is 0. The van der Waals surface area contributed by atoms with Crippen LogP contribution in [0.2, 0.25) is 0 Å². The van der Waals surface area contributed by atoms with Gasteiger partial charge in [0.2, 0.25) is 0 Å². The molecule has 3 saturated carbocycles. The molecule has 4 rings (SSSR count). The summed E-state index contributed by atoms with van der Waals surface area (Å²) in [5.41, 5.74) is 5.87. The minimum Gasteiger partial charge on any atom is -0.445 e. The first-order valence-electron chi connectivity index (χ1n) is 6.80. The van der Waals surface area contributed by atoms with E-state index >= 15 is 0 Å². The van der Waals surface area contributed by atoms with Gasteiger partial charge in [-0.1, -0.05) is 30.3 Å². The molecule has 114 valence electrons. The molecule has 0 radical (unpaired) electrons. The van der Waals surface area contributed by atoms with Crippen LogP contribution in [0.25, 0.3) is 0 Å². The molecule has 0 atom stereocenters. The third-order valence-electron chi connectivity index (χ3n) is 4.39. The molecule has 1 aromatic rings. The number of rotatable bonds is 5. The molecule has 0 unspecified atom stereocenters. The summed E-state index contributed by atoms with van der Waals surface area (Å²) < 4.78 is 5.18. The molecule has 5 nitrogen and oxygen atoms in total. The van der Waals surface area contributed by atoms with E-state index in [1.54, 1.807) is 0 Å². The van der Waals surface area contributed by atoms with Gasteiger partial charge in [-0.15, -0.1) is 12.4 Å². The van der Waals surface area contributed by atoms with Crippen LogP contribution in [-0.4, -0.2) is 24.0 Å². The van der Waals surface area contributed by atoms with Crippen molar-refractivity contribution in [3.8, 4) is 0 Å². The van der Waals surface area contributed by atoms with Crippen molar-refractivity contribution in [3.05, 3.63) is 35.9 Å². The van der Waals surface area contributed by atoms with E-state index in [4.69, 9.17) is 10.5 Å². The van der Waals surface area contributed by atoms with Crippen molar-refractivity contribution in [2.45, 2.75) is 31.4 Å². The van der Waals surface area contributed by atoms with Gasteiger partial charge in [0.25, 0.3) is 0 Å². The molecule has 3 fully saturated rings. The Morgan fingerprint density at radius 2 is 1.81 bits per heavy atom. The van der Waals surface area contributed by atoms with Crippen LogP contribution in [-0.2, 0) is 16.1 Å². The lowest BCUT2D eigenvalue weighted by Crippen LogP contribution is -2.77. The van der Waals surface area contributed by atoms with Crippen LogP contribution in [0.15, 0.2) is 30.3 Å². The van der Waals surface area contributed by atoms with Gasteiger partial charge in [-0.05, 0) is 24.8 Å². The highest BCUT2D eigenvalue weighted by molar-refractivity contribution is 5.91. The van der Waals surface area contributed by atoms with E-state index in [2.05, 4.69) is 5.32 Å². The number of carbonyl (C=O) groups is 2. The summed E-state index contributed by atoms with van der Waals surface area (Å²) in [6.07, 6.45) is 1.70. The largest absolute Gasteiger partial charge is 0.445 e. The molecule has 1 aromatic carbocycles. The molecular formula is C15H19ClN2O3. The van der Waals surface area contributed by atoms with Crippen LogP contribution in [0.5, 0.6) is 0 Å². The number of benzene rings is 1. The first-order valence-corrected chi connectivity index (χ1v) is 6.80.